The minimum absolute atomic E-state index is 0.146. The first-order valence-corrected chi connectivity index (χ1v) is 7.56. The van der Waals surface area contributed by atoms with Gasteiger partial charge in [0.2, 0.25) is 5.88 Å². The zero-order valence-corrected chi connectivity index (χ0v) is 13.0. The van der Waals surface area contributed by atoms with Crippen molar-refractivity contribution in [3.05, 3.63) is 23.9 Å². The van der Waals surface area contributed by atoms with E-state index in [-0.39, 0.29) is 11.8 Å². The van der Waals surface area contributed by atoms with Gasteiger partial charge < -0.3 is 14.5 Å². The molecule has 1 aliphatic heterocycles. The van der Waals surface area contributed by atoms with Crippen LogP contribution in [0, 0.1) is 0 Å². The third kappa shape index (κ3) is 5.38. The molecule has 23 heavy (non-hydrogen) atoms. The molecule has 0 N–H and O–H groups in total. The average Bonchev–Trinajstić information content (AvgIpc) is 2.77. The fraction of sp³-hybridized carbons (Fsp3) is 0.600. The highest BCUT2D eigenvalue weighted by Crippen LogP contribution is 2.17. The standard InChI is InChI=1S/C15H20F3N3O2/c1-2-20-6-3-7-21(9-8-20)14(22)12-4-5-13(19-10-12)23-11-15(16,17)18/h4-5,10H,2-3,6-9,11H2,1H3. The molecule has 128 valence electrons. The molecule has 0 spiro atoms. The second-order valence-electron chi connectivity index (χ2n) is 5.37. The van der Waals surface area contributed by atoms with E-state index >= 15 is 0 Å². The fourth-order valence-electron chi connectivity index (χ4n) is 2.42. The summed E-state index contributed by atoms with van der Waals surface area (Å²) in [7, 11) is 0. The van der Waals surface area contributed by atoms with E-state index in [0.717, 1.165) is 26.1 Å². The third-order valence-electron chi connectivity index (χ3n) is 3.69. The van der Waals surface area contributed by atoms with E-state index in [1.54, 1.807) is 4.90 Å². The lowest BCUT2D eigenvalue weighted by Gasteiger charge is -2.21. The van der Waals surface area contributed by atoms with Gasteiger partial charge in [0.05, 0.1) is 5.56 Å². The van der Waals surface area contributed by atoms with Crippen LogP contribution in [0.1, 0.15) is 23.7 Å². The summed E-state index contributed by atoms with van der Waals surface area (Å²) in [5, 5.41) is 0. The van der Waals surface area contributed by atoms with Crippen LogP contribution in [-0.2, 0) is 0 Å². The van der Waals surface area contributed by atoms with Crippen LogP contribution in [0.15, 0.2) is 18.3 Å². The Morgan fingerprint density at radius 2 is 2.04 bits per heavy atom. The summed E-state index contributed by atoms with van der Waals surface area (Å²) >= 11 is 0. The summed E-state index contributed by atoms with van der Waals surface area (Å²) in [5.74, 6) is -0.301. The molecule has 0 radical (unpaired) electrons. The molecular weight excluding hydrogens is 311 g/mol. The smallest absolute Gasteiger partial charge is 0.422 e. The summed E-state index contributed by atoms with van der Waals surface area (Å²) in [4.78, 5) is 20.2. The molecule has 1 aromatic heterocycles. The van der Waals surface area contributed by atoms with Crippen molar-refractivity contribution < 1.29 is 22.7 Å². The van der Waals surface area contributed by atoms with Crippen molar-refractivity contribution in [2.24, 2.45) is 0 Å². The molecule has 0 atom stereocenters. The number of hydrogen-bond acceptors (Lipinski definition) is 4. The number of carbonyl (C=O) groups excluding carboxylic acids is 1. The van der Waals surface area contributed by atoms with Crippen LogP contribution in [0.25, 0.3) is 0 Å². The molecule has 1 aliphatic rings. The topological polar surface area (TPSA) is 45.7 Å². The number of pyridine rings is 1. The maximum Gasteiger partial charge on any atom is 0.422 e. The molecule has 8 heteroatoms. The molecule has 1 amide bonds. The largest absolute Gasteiger partial charge is 0.468 e. The first-order valence-electron chi connectivity index (χ1n) is 7.56. The Kier molecular flexibility index (Phi) is 5.81. The van der Waals surface area contributed by atoms with E-state index < -0.39 is 12.8 Å². The van der Waals surface area contributed by atoms with Gasteiger partial charge in [0, 0.05) is 31.9 Å². The van der Waals surface area contributed by atoms with Crippen molar-refractivity contribution in [3.8, 4) is 5.88 Å². The minimum Gasteiger partial charge on any atom is -0.468 e. The van der Waals surface area contributed by atoms with Crippen molar-refractivity contribution in [3.63, 3.8) is 0 Å². The summed E-state index contributed by atoms with van der Waals surface area (Å²) in [6, 6.07) is 2.73. The Bertz CT molecular complexity index is 520. The number of likely N-dealkylation sites (N-methyl/N-ethyl adjacent to an activating group) is 1. The average molecular weight is 331 g/mol. The lowest BCUT2D eigenvalue weighted by Crippen LogP contribution is -2.35. The first kappa shape index (κ1) is 17.5. The van der Waals surface area contributed by atoms with Gasteiger partial charge in [0.15, 0.2) is 6.61 Å². The molecule has 1 saturated heterocycles. The van der Waals surface area contributed by atoms with Gasteiger partial charge in [-0.1, -0.05) is 6.92 Å². The first-order chi connectivity index (χ1) is 10.9. The number of carbonyl (C=O) groups is 1. The second kappa shape index (κ2) is 7.63. The Balaban J connectivity index is 1.94. The molecule has 1 fully saturated rings. The lowest BCUT2D eigenvalue weighted by atomic mass is 10.2. The van der Waals surface area contributed by atoms with Crippen molar-refractivity contribution in [2.75, 3.05) is 39.3 Å². The maximum atomic E-state index is 12.4. The number of nitrogens with zero attached hydrogens (tertiary/aromatic N) is 3. The number of rotatable bonds is 4. The Labute approximate surface area is 133 Å². The van der Waals surface area contributed by atoms with Gasteiger partial charge in [0.25, 0.3) is 5.91 Å². The van der Waals surface area contributed by atoms with Crippen LogP contribution in [0.5, 0.6) is 5.88 Å². The van der Waals surface area contributed by atoms with E-state index in [1.807, 2.05) is 0 Å². The highest BCUT2D eigenvalue weighted by molar-refractivity contribution is 5.94. The summed E-state index contributed by atoms with van der Waals surface area (Å²) in [6.45, 7) is 4.73. The van der Waals surface area contributed by atoms with Gasteiger partial charge in [-0.25, -0.2) is 4.98 Å². The van der Waals surface area contributed by atoms with Gasteiger partial charge in [0.1, 0.15) is 0 Å². The molecule has 2 heterocycles. The summed E-state index contributed by atoms with van der Waals surface area (Å²) < 4.78 is 40.8. The highest BCUT2D eigenvalue weighted by Gasteiger charge is 2.28. The predicted octanol–water partition coefficient (Wildman–Crippen LogP) is 2.19. The van der Waals surface area contributed by atoms with E-state index in [4.69, 9.17) is 0 Å². The maximum absolute atomic E-state index is 12.4. The Morgan fingerprint density at radius 3 is 2.65 bits per heavy atom. The van der Waals surface area contributed by atoms with E-state index in [0.29, 0.717) is 18.7 Å². The van der Waals surface area contributed by atoms with E-state index in [1.165, 1.54) is 18.3 Å². The van der Waals surface area contributed by atoms with Gasteiger partial charge >= 0.3 is 6.18 Å². The molecule has 2 rings (SSSR count). The van der Waals surface area contributed by atoms with Crippen molar-refractivity contribution in [2.45, 2.75) is 19.5 Å². The number of hydrogen-bond donors (Lipinski definition) is 0. The Morgan fingerprint density at radius 1 is 1.26 bits per heavy atom. The van der Waals surface area contributed by atoms with Crippen LogP contribution in [0.2, 0.25) is 0 Å². The Hall–Kier alpha value is -1.83. The number of amides is 1. The molecule has 0 aliphatic carbocycles. The number of alkyl halides is 3. The highest BCUT2D eigenvalue weighted by atomic mass is 19.4. The molecule has 5 nitrogen and oxygen atoms in total. The van der Waals surface area contributed by atoms with Crippen LogP contribution in [0.4, 0.5) is 13.2 Å². The van der Waals surface area contributed by atoms with Gasteiger partial charge in [-0.05, 0) is 25.6 Å². The van der Waals surface area contributed by atoms with Crippen LogP contribution < -0.4 is 4.74 Å². The number of halogens is 3. The second-order valence-corrected chi connectivity index (χ2v) is 5.37. The number of ether oxygens (including phenoxy) is 1. The SMILES string of the molecule is CCN1CCCN(C(=O)c2ccc(OCC(F)(F)F)nc2)CC1. The van der Waals surface area contributed by atoms with Crippen LogP contribution in [0.3, 0.4) is 0 Å². The zero-order valence-electron chi connectivity index (χ0n) is 13.0. The molecular formula is C15H20F3N3O2. The molecule has 0 unspecified atom stereocenters. The number of aromatic nitrogens is 1. The molecule has 1 aromatic rings. The fourth-order valence-corrected chi connectivity index (χ4v) is 2.42. The van der Waals surface area contributed by atoms with Gasteiger partial charge in [-0.3, -0.25) is 4.79 Å². The van der Waals surface area contributed by atoms with Crippen molar-refractivity contribution >= 4 is 5.91 Å². The molecule has 0 aromatic carbocycles. The monoisotopic (exact) mass is 331 g/mol. The normalized spacial score (nSPS) is 17.0. The lowest BCUT2D eigenvalue weighted by molar-refractivity contribution is -0.154. The summed E-state index contributed by atoms with van der Waals surface area (Å²) in [5.41, 5.74) is 0.356. The quantitative estimate of drug-likeness (QED) is 0.848. The zero-order chi connectivity index (χ0) is 16.9. The van der Waals surface area contributed by atoms with Gasteiger partial charge in [-0.2, -0.15) is 13.2 Å². The van der Waals surface area contributed by atoms with Crippen molar-refractivity contribution in [1.29, 1.82) is 0 Å². The van der Waals surface area contributed by atoms with E-state index in [2.05, 4.69) is 21.5 Å². The summed E-state index contributed by atoms with van der Waals surface area (Å²) in [6.07, 6.45) is -2.25. The third-order valence-corrected chi connectivity index (χ3v) is 3.69. The van der Waals surface area contributed by atoms with Gasteiger partial charge in [-0.15, -0.1) is 0 Å². The van der Waals surface area contributed by atoms with Crippen LogP contribution in [-0.4, -0.2) is 66.2 Å². The van der Waals surface area contributed by atoms with E-state index in [9.17, 15) is 18.0 Å². The van der Waals surface area contributed by atoms with Crippen molar-refractivity contribution in [1.82, 2.24) is 14.8 Å². The minimum atomic E-state index is -4.41. The molecule has 0 bridgehead atoms. The predicted molar refractivity (Wildman–Crippen MR) is 78.4 cm³/mol. The van der Waals surface area contributed by atoms with Crippen LogP contribution >= 0.6 is 0 Å². The molecule has 0 saturated carbocycles.